The fraction of sp³-hybridized carbons (Fsp3) is 0.357. The molecule has 1 unspecified atom stereocenters. The number of nitrogens with zero attached hydrogens (tertiary/aromatic N) is 2. The van der Waals surface area contributed by atoms with E-state index >= 15 is 0 Å². The van der Waals surface area contributed by atoms with Crippen LogP contribution in [0.4, 0.5) is 5.69 Å². The molecule has 1 fully saturated rings. The van der Waals surface area contributed by atoms with Crippen LogP contribution in [0, 0.1) is 0 Å². The quantitative estimate of drug-likeness (QED) is 0.799. The van der Waals surface area contributed by atoms with Gasteiger partial charge in [-0.2, -0.15) is 0 Å². The van der Waals surface area contributed by atoms with Crippen molar-refractivity contribution in [3.8, 4) is 0 Å². The van der Waals surface area contributed by atoms with Crippen molar-refractivity contribution < 1.29 is 14.4 Å². The minimum Gasteiger partial charge on any atom is -0.374 e. The summed E-state index contributed by atoms with van der Waals surface area (Å²) in [4.78, 5) is 38.3. The molecule has 1 saturated heterocycles. The van der Waals surface area contributed by atoms with Gasteiger partial charge in [0, 0.05) is 26.3 Å². The monoisotopic (exact) mass is 273 g/mol. The second-order valence-corrected chi connectivity index (χ2v) is 5.18. The van der Waals surface area contributed by atoms with Gasteiger partial charge in [-0.3, -0.25) is 19.3 Å². The minimum absolute atomic E-state index is 0.0463. The fourth-order valence-electron chi connectivity index (χ4n) is 2.61. The van der Waals surface area contributed by atoms with Crippen molar-refractivity contribution in [1.29, 1.82) is 0 Å². The van der Waals surface area contributed by atoms with Crippen LogP contribution in [0.1, 0.15) is 27.1 Å². The van der Waals surface area contributed by atoms with Gasteiger partial charge < -0.3 is 10.2 Å². The lowest BCUT2D eigenvalue weighted by Gasteiger charge is -2.13. The van der Waals surface area contributed by atoms with Crippen LogP contribution in [0.25, 0.3) is 0 Å². The van der Waals surface area contributed by atoms with Gasteiger partial charge in [-0.25, -0.2) is 0 Å². The molecule has 3 rings (SSSR count). The highest BCUT2D eigenvalue weighted by Crippen LogP contribution is 2.26. The molecule has 1 aromatic carbocycles. The number of hydrogen-bond acceptors (Lipinski definition) is 4. The summed E-state index contributed by atoms with van der Waals surface area (Å²) < 4.78 is 0. The summed E-state index contributed by atoms with van der Waals surface area (Å²) in [6.07, 6.45) is 0.735. The van der Waals surface area contributed by atoms with Crippen LogP contribution in [0.3, 0.4) is 0 Å². The third-order valence-electron chi connectivity index (χ3n) is 3.86. The van der Waals surface area contributed by atoms with Gasteiger partial charge in [0.2, 0.25) is 5.91 Å². The molecule has 6 heteroatoms. The molecule has 0 saturated carbocycles. The van der Waals surface area contributed by atoms with Crippen LogP contribution >= 0.6 is 0 Å². The molecule has 2 aliphatic heterocycles. The number of nitrogens with one attached hydrogen (secondary N) is 1. The zero-order chi connectivity index (χ0) is 14.4. The van der Waals surface area contributed by atoms with Gasteiger partial charge >= 0.3 is 0 Å². The number of likely N-dealkylation sites (tertiary alicyclic amines) is 1. The topological polar surface area (TPSA) is 69.7 Å². The van der Waals surface area contributed by atoms with E-state index in [4.69, 9.17) is 0 Å². The number of likely N-dealkylation sites (N-methyl/N-ethyl adjacent to an activating group) is 1. The molecular formula is C14H15N3O3. The van der Waals surface area contributed by atoms with E-state index in [-0.39, 0.29) is 23.8 Å². The maximum absolute atomic E-state index is 11.9. The number of amides is 3. The van der Waals surface area contributed by atoms with Crippen molar-refractivity contribution in [2.45, 2.75) is 12.5 Å². The molecule has 104 valence electrons. The molecule has 0 bridgehead atoms. The molecule has 6 nitrogen and oxygen atoms in total. The molecule has 2 aliphatic rings. The van der Waals surface area contributed by atoms with Gasteiger partial charge in [0.1, 0.15) is 6.04 Å². The molecular weight excluding hydrogens is 258 g/mol. The Hall–Kier alpha value is -2.37. The highest BCUT2D eigenvalue weighted by molar-refractivity contribution is 6.21. The van der Waals surface area contributed by atoms with E-state index in [1.54, 1.807) is 30.1 Å². The summed E-state index contributed by atoms with van der Waals surface area (Å²) in [6, 6.07) is 4.74. The van der Waals surface area contributed by atoms with E-state index < -0.39 is 0 Å². The molecule has 1 aromatic rings. The third kappa shape index (κ3) is 1.76. The normalized spacial score (nSPS) is 21.7. The van der Waals surface area contributed by atoms with Crippen LogP contribution in [0.15, 0.2) is 18.2 Å². The number of carbonyl (C=O) groups is 3. The lowest BCUT2D eigenvalue weighted by atomic mass is 10.1. The second kappa shape index (κ2) is 4.33. The Bertz CT molecular complexity index is 626. The number of rotatable bonds is 2. The first-order valence-corrected chi connectivity index (χ1v) is 6.47. The number of benzene rings is 1. The van der Waals surface area contributed by atoms with E-state index in [1.807, 2.05) is 0 Å². The van der Waals surface area contributed by atoms with Crippen molar-refractivity contribution in [2.75, 3.05) is 26.0 Å². The Morgan fingerprint density at radius 3 is 2.45 bits per heavy atom. The van der Waals surface area contributed by atoms with E-state index in [1.165, 1.54) is 7.05 Å². The fourth-order valence-corrected chi connectivity index (χ4v) is 2.61. The minimum atomic E-state index is -0.302. The van der Waals surface area contributed by atoms with Crippen LogP contribution in [0.5, 0.6) is 0 Å². The van der Waals surface area contributed by atoms with Gasteiger partial charge in [0.25, 0.3) is 11.8 Å². The first-order valence-electron chi connectivity index (χ1n) is 6.47. The maximum atomic E-state index is 11.9. The van der Waals surface area contributed by atoms with Crippen molar-refractivity contribution in [3.05, 3.63) is 29.3 Å². The molecule has 1 N–H and O–H groups in total. The van der Waals surface area contributed by atoms with Gasteiger partial charge in [0.05, 0.1) is 11.1 Å². The van der Waals surface area contributed by atoms with Gasteiger partial charge in [0.15, 0.2) is 0 Å². The highest BCUT2D eigenvalue weighted by atomic mass is 16.2. The largest absolute Gasteiger partial charge is 0.374 e. The van der Waals surface area contributed by atoms with Crippen molar-refractivity contribution >= 4 is 23.4 Å². The van der Waals surface area contributed by atoms with Crippen LogP contribution in [-0.4, -0.2) is 54.2 Å². The summed E-state index contributed by atoms with van der Waals surface area (Å²) >= 11 is 0. The smallest absolute Gasteiger partial charge is 0.261 e. The predicted octanol–water partition coefficient (Wildman–Crippen LogP) is 0.555. The zero-order valence-corrected chi connectivity index (χ0v) is 11.3. The Kier molecular flexibility index (Phi) is 2.74. The van der Waals surface area contributed by atoms with Crippen molar-refractivity contribution in [3.63, 3.8) is 0 Å². The summed E-state index contributed by atoms with van der Waals surface area (Å²) in [7, 11) is 3.23. The predicted molar refractivity (Wildman–Crippen MR) is 72.5 cm³/mol. The van der Waals surface area contributed by atoms with E-state index in [2.05, 4.69) is 5.32 Å². The lowest BCUT2D eigenvalue weighted by Crippen LogP contribution is -2.30. The Morgan fingerprint density at radius 2 is 1.80 bits per heavy atom. The Morgan fingerprint density at radius 1 is 1.10 bits per heavy atom. The van der Waals surface area contributed by atoms with E-state index in [9.17, 15) is 14.4 Å². The van der Waals surface area contributed by atoms with Gasteiger partial charge in [-0.15, -0.1) is 0 Å². The lowest BCUT2D eigenvalue weighted by molar-refractivity contribution is -0.127. The maximum Gasteiger partial charge on any atom is 0.261 e. The van der Waals surface area contributed by atoms with Crippen LogP contribution in [0.2, 0.25) is 0 Å². The summed E-state index contributed by atoms with van der Waals surface area (Å²) in [6.45, 7) is 0.724. The average molecular weight is 273 g/mol. The molecule has 1 atom stereocenters. The number of anilines is 1. The van der Waals surface area contributed by atoms with Crippen LogP contribution in [-0.2, 0) is 4.79 Å². The first kappa shape index (κ1) is 12.7. The van der Waals surface area contributed by atoms with Crippen LogP contribution < -0.4 is 5.32 Å². The average Bonchev–Trinajstić information content (AvgIpc) is 2.86. The molecule has 0 spiro atoms. The second-order valence-electron chi connectivity index (χ2n) is 5.18. The zero-order valence-electron chi connectivity index (χ0n) is 11.3. The molecule has 0 aromatic heterocycles. The highest BCUT2D eigenvalue weighted by Gasteiger charge is 2.33. The molecule has 20 heavy (non-hydrogen) atoms. The number of imide groups is 1. The molecule has 0 radical (unpaired) electrons. The van der Waals surface area contributed by atoms with Gasteiger partial charge in [-0.05, 0) is 24.6 Å². The number of hydrogen-bond donors (Lipinski definition) is 1. The van der Waals surface area contributed by atoms with E-state index in [0.717, 1.165) is 17.9 Å². The van der Waals surface area contributed by atoms with Crippen molar-refractivity contribution in [1.82, 2.24) is 9.80 Å². The first-order chi connectivity index (χ1) is 9.49. The SMILES string of the molecule is CN1CCC(Nc2ccc3c(c2)C(=O)N(C)C3=O)C1=O. The summed E-state index contributed by atoms with van der Waals surface area (Å²) in [5.74, 6) is -0.540. The van der Waals surface area contributed by atoms with E-state index in [0.29, 0.717) is 16.8 Å². The Balaban J connectivity index is 1.86. The molecule has 2 heterocycles. The number of carbonyl (C=O) groups excluding carboxylic acids is 3. The number of fused-ring (bicyclic) bond motifs is 1. The standard InChI is InChI=1S/C14H15N3O3/c1-16-6-5-11(14(16)20)15-8-3-4-9-10(7-8)13(19)17(2)12(9)18/h3-4,7,11,15H,5-6H2,1-2H3. The molecule has 0 aliphatic carbocycles. The Labute approximate surface area is 116 Å². The molecule has 3 amide bonds. The summed E-state index contributed by atoms with van der Waals surface area (Å²) in [5, 5.41) is 3.13. The summed E-state index contributed by atoms with van der Waals surface area (Å²) in [5.41, 5.74) is 1.49. The van der Waals surface area contributed by atoms with Gasteiger partial charge in [-0.1, -0.05) is 0 Å². The van der Waals surface area contributed by atoms with Crippen molar-refractivity contribution in [2.24, 2.45) is 0 Å². The third-order valence-corrected chi connectivity index (χ3v) is 3.86.